The van der Waals surface area contributed by atoms with Crippen molar-refractivity contribution in [1.29, 1.82) is 0 Å². The molecule has 0 aliphatic carbocycles. The molecule has 1 rings (SSSR count). The van der Waals surface area contributed by atoms with E-state index in [0.29, 0.717) is 5.92 Å². The molecule has 0 saturated heterocycles. The summed E-state index contributed by atoms with van der Waals surface area (Å²) >= 11 is 1.66. The molecule has 3 nitrogen and oxygen atoms in total. The maximum atomic E-state index is 4.08. The average molecular weight is 213 g/mol. The van der Waals surface area contributed by atoms with Crippen molar-refractivity contribution in [3.8, 4) is 0 Å². The Morgan fingerprint density at radius 2 is 2.14 bits per heavy atom. The topological polar surface area (TPSA) is 37.8 Å². The minimum absolute atomic E-state index is 0.717. The van der Waals surface area contributed by atoms with Gasteiger partial charge in [-0.15, -0.1) is 10.2 Å². The number of nitrogens with one attached hydrogen (secondary N) is 1. The van der Waals surface area contributed by atoms with Crippen molar-refractivity contribution < 1.29 is 0 Å². The molecule has 0 aliphatic heterocycles. The second-order valence-electron chi connectivity index (χ2n) is 3.63. The van der Waals surface area contributed by atoms with Crippen molar-refractivity contribution in [1.82, 2.24) is 10.2 Å². The monoisotopic (exact) mass is 213 g/mol. The Morgan fingerprint density at radius 1 is 1.36 bits per heavy atom. The zero-order valence-corrected chi connectivity index (χ0v) is 10.0. The van der Waals surface area contributed by atoms with Gasteiger partial charge in [0.25, 0.3) is 0 Å². The summed E-state index contributed by atoms with van der Waals surface area (Å²) in [4.78, 5) is 0. The summed E-state index contributed by atoms with van der Waals surface area (Å²) in [5, 5.41) is 13.5. The zero-order chi connectivity index (χ0) is 10.4. The van der Waals surface area contributed by atoms with Crippen LogP contribution in [-0.2, 0) is 6.42 Å². The van der Waals surface area contributed by atoms with Gasteiger partial charge in [-0.3, -0.25) is 0 Å². The Hall–Kier alpha value is -0.640. The lowest BCUT2D eigenvalue weighted by atomic mass is 10.1. The summed E-state index contributed by atoms with van der Waals surface area (Å²) in [5.74, 6) is 0.717. The lowest BCUT2D eigenvalue weighted by Crippen LogP contribution is -2.10. The Bertz CT molecular complexity index is 260. The highest BCUT2D eigenvalue weighted by molar-refractivity contribution is 7.15. The molecule has 80 valence electrons. The van der Waals surface area contributed by atoms with E-state index in [0.717, 1.165) is 23.1 Å². The average Bonchev–Trinajstić information content (AvgIpc) is 2.63. The quantitative estimate of drug-likeness (QED) is 0.789. The van der Waals surface area contributed by atoms with Crippen LogP contribution in [0.3, 0.4) is 0 Å². The maximum absolute atomic E-state index is 4.08. The summed E-state index contributed by atoms with van der Waals surface area (Å²) in [6.07, 6.45) is 3.50. The van der Waals surface area contributed by atoms with Crippen molar-refractivity contribution in [3.05, 3.63) is 5.01 Å². The molecule has 1 unspecified atom stereocenters. The van der Waals surface area contributed by atoms with E-state index in [4.69, 9.17) is 0 Å². The highest BCUT2D eigenvalue weighted by Gasteiger charge is 2.04. The van der Waals surface area contributed by atoms with E-state index in [1.165, 1.54) is 12.8 Å². The van der Waals surface area contributed by atoms with Gasteiger partial charge in [0, 0.05) is 6.54 Å². The van der Waals surface area contributed by atoms with Crippen molar-refractivity contribution in [2.45, 2.75) is 40.0 Å². The van der Waals surface area contributed by atoms with Crippen LogP contribution in [0, 0.1) is 5.92 Å². The fraction of sp³-hybridized carbons (Fsp3) is 0.800. The smallest absolute Gasteiger partial charge is 0.205 e. The van der Waals surface area contributed by atoms with Gasteiger partial charge in [-0.2, -0.15) is 0 Å². The number of anilines is 1. The van der Waals surface area contributed by atoms with Crippen LogP contribution in [0.25, 0.3) is 0 Å². The first-order chi connectivity index (χ1) is 6.76. The predicted octanol–water partition coefficient (Wildman–Crippen LogP) is 2.95. The molecular weight excluding hydrogens is 194 g/mol. The van der Waals surface area contributed by atoms with Crippen LogP contribution < -0.4 is 5.32 Å². The number of aromatic nitrogens is 2. The molecule has 4 heteroatoms. The molecule has 0 amide bonds. The third-order valence-corrected chi connectivity index (χ3v) is 3.18. The van der Waals surface area contributed by atoms with E-state index < -0.39 is 0 Å². The van der Waals surface area contributed by atoms with Crippen molar-refractivity contribution in [3.63, 3.8) is 0 Å². The van der Waals surface area contributed by atoms with E-state index in [-0.39, 0.29) is 0 Å². The number of aryl methyl sites for hydroxylation is 1. The first-order valence-electron chi connectivity index (χ1n) is 5.32. The molecule has 14 heavy (non-hydrogen) atoms. The predicted molar refractivity (Wildman–Crippen MR) is 61.8 cm³/mol. The van der Waals surface area contributed by atoms with Gasteiger partial charge in [0.15, 0.2) is 0 Å². The molecule has 0 radical (unpaired) electrons. The minimum Gasteiger partial charge on any atom is -0.360 e. The van der Waals surface area contributed by atoms with E-state index >= 15 is 0 Å². The van der Waals surface area contributed by atoms with Crippen LogP contribution in [0.5, 0.6) is 0 Å². The second kappa shape index (κ2) is 5.96. The van der Waals surface area contributed by atoms with Gasteiger partial charge in [0.05, 0.1) is 0 Å². The fourth-order valence-electron chi connectivity index (χ4n) is 1.32. The maximum Gasteiger partial charge on any atom is 0.205 e. The van der Waals surface area contributed by atoms with Crippen LogP contribution in [0.1, 0.15) is 38.6 Å². The van der Waals surface area contributed by atoms with E-state index in [2.05, 4.69) is 36.3 Å². The van der Waals surface area contributed by atoms with E-state index in [1.54, 1.807) is 11.3 Å². The van der Waals surface area contributed by atoms with Gasteiger partial charge >= 0.3 is 0 Å². The molecule has 1 aromatic heterocycles. The van der Waals surface area contributed by atoms with Crippen LogP contribution in [0.15, 0.2) is 0 Å². The second-order valence-corrected chi connectivity index (χ2v) is 4.69. The number of hydrogen-bond acceptors (Lipinski definition) is 4. The first kappa shape index (κ1) is 11.4. The lowest BCUT2D eigenvalue weighted by molar-refractivity contribution is 0.550. The lowest BCUT2D eigenvalue weighted by Gasteiger charge is -2.09. The standard InChI is InChI=1S/C10H19N3S/c1-4-6-8(3)7-11-10-13-12-9(5-2)14-10/h8H,4-7H2,1-3H3,(H,11,13). The Kier molecular flexibility index (Phi) is 4.87. The Balaban J connectivity index is 2.30. The normalized spacial score (nSPS) is 12.8. The van der Waals surface area contributed by atoms with Crippen molar-refractivity contribution >= 4 is 16.5 Å². The van der Waals surface area contributed by atoms with Gasteiger partial charge in [0.2, 0.25) is 5.13 Å². The summed E-state index contributed by atoms with van der Waals surface area (Å²) in [6.45, 7) is 7.59. The molecule has 0 aromatic carbocycles. The third-order valence-electron chi connectivity index (χ3n) is 2.15. The van der Waals surface area contributed by atoms with Gasteiger partial charge < -0.3 is 5.32 Å². The van der Waals surface area contributed by atoms with Crippen LogP contribution in [0.2, 0.25) is 0 Å². The summed E-state index contributed by atoms with van der Waals surface area (Å²) < 4.78 is 0. The molecule has 1 heterocycles. The highest BCUT2D eigenvalue weighted by Crippen LogP contribution is 2.16. The first-order valence-corrected chi connectivity index (χ1v) is 6.14. The van der Waals surface area contributed by atoms with E-state index in [1.807, 2.05) is 0 Å². The van der Waals surface area contributed by atoms with Crippen LogP contribution in [-0.4, -0.2) is 16.7 Å². The number of nitrogens with zero attached hydrogens (tertiary/aromatic N) is 2. The molecule has 0 bridgehead atoms. The third kappa shape index (κ3) is 3.62. The SMILES string of the molecule is CCCC(C)CNc1nnc(CC)s1. The molecule has 0 spiro atoms. The molecular formula is C10H19N3S. The Labute approximate surface area is 89.9 Å². The van der Waals surface area contributed by atoms with Gasteiger partial charge in [-0.25, -0.2) is 0 Å². The highest BCUT2D eigenvalue weighted by atomic mass is 32.1. The fourth-order valence-corrected chi connectivity index (χ4v) is 2.01. The Morgan fingerprint density at radius 3 is 2.71 bits per heavy atom. The summed E-state index contributed by atoms with van der Waals surface area (Å²) in [7, 11) is 0. The van der Waals surface area contributed by atoms with Crippen LogP contribution in [0.4, 0.5) is 5.13 Å². The van der Waals surface area contributed by atoms with Gasteiger partial charge in [0.1, 0.15) is 5.01 Å². The van der Waals surface area contributed by atoms with Crippen LogP contribution >= 0.6 is 11.3 Å². The molecule has 1 N–H and O–H groups in total. The zero-order valence-electron chi connectivity index (χ0n) is 9.21. The summed E-state index contributed by atoms with van der Waals surface area (Å²) in [6, 6.07) is 0. The molecule has 1 atom stereocenters. The molecule has 1 aromatic rings. The largest absolute Gasteiger partial charge is 0.360 e. The van der Waals surface area contributed by atoms with Crippen molar-refractivity contribution in [2.75, 3.05) is 11.9 Å². The number of rotatable bonds is 6. The summed E-state index contributed by atoms with van der Waals surface area (Å²) in [5.41, 5.74) is 0. The van der Waals surface area contributed by atoms with Gasteiger partial charge in [-0.1, -0.05) is 38.5 Å². The molecule has 0 aliphatic rings. The molecule has 0 saturated carbocycles. The number of hydrogen-bond donors (Lipinski definition) is 1. The van der Waals surface area contributed by atoms with Crippen molar-refractivity contribution in [2.24, 2.45) is 5.92 Å². The van der Waals surface area contributed by atoms with Gasteiger partial charge in [-0.05, 0) is 18.8 Å². The van der Waals surface area contributed by atoms with E-state index in [9.17, 15) is 0 Å². The molecule has 0 fully saturated rings. The minimum atomic E-state index is 0.717.